The molecule has 7 heteroatoms. The van der Waals surface area contributed by atoms with E-state index < -0.39 is 5.91 Å². The van der Waals surface area contributed by atoms with Crippen molar-refractivity contribution in [3.05, 3.63) is 58.6 Å². The second-order valence-electron chi connectivity index (χ2n) is 4.98. The minimum atomic E-state index is -0.695. The van der Waals surface area contributed by atoms with Gasteiger partial charge in [-0.25, -0.2) is 0 Å². The first kappa shape index (κ1) is 17.5. The van der Waals surface area contributed by atoms with Crippen molar-refractivity contribution in [2.75, 3.05) is 11.9 Å². The maximum absolute atomic E-state index is 12.1. The summed E-state index contributed by atoms with van der Waals surface area (Å²) >= 11 is 5.81. The first-order chi connectivity index (χ1) is 11.4. The maximum Gasteiger partial charge on any atom is 0.252 e. The average molecular weight is 347 g/mol. The molecule has 0 aromatic heterocycles. The molecule has 0 bridgehead atoms. The van der Waals surface area contributed by atoms with E-state index >= 15 is 0 Å². The van der Waals surface area contributed by atoms with Crippen LogP contribution in [-0.2, 0) is 4.79 Å². The van der Waals surface area contributed by atoms with Gasteiger partial charge >= 0.3 is 0 Å². The molecule has 0 fully saturated rings. The number of halogens is 1. The van der Waals surface area contributed by atoms with Gasteiger partial charge < -0.3 is 15.8 Å². The normalized spacial score (nSPS) is 10.1. The summed E-state index contributed by atoms with van der Waals surface area (Å²) in [6.45, 7) is 1.14. The molecule has 0 radical (unpaired) electrons. The monoisotopic (exact) mass is 346 g/mol. The fourth-order valence-corrected chi connectivity index (χ4v) is 2.16. The predicted molar refractivity (Wildman–Crippen MR) is 90.5 cm³/mol. The number of ketones is 1. The molecule has 2 aromatic carbocycles. The third-order valence-electron chi connectivity index (χ3n) is 3.09. The van der Waals surface area contributed by atoms with E-state index in [-0.39, 0.29) is 29.6 Å². The Morgan fingerprint density at radius 3 is 2.38 bits per heavy atom. The molecule has 24 heavy (non-hydrogen) atoms. The largest absolute Gasteiger partial charge is 0.485 e. The number of primary amides is 1. The van der Waals surface area contributed by atoms with Gasteiger partial charge in [-0.05, 0) is 42.5 Å². The SMILES string of the molecule is CC(=O)Nc1ccc(C(=O)COc2ccc(Cl)cc2C(N)=O)cc1. The minimum absolute atomic E-state index is 0.108. The van der Waals surface area contributed by atoms with Crippen LogP contribution < -0.4 is 15.8 Å². The number of rotatable bonds is 6. The molecule has 6 nitrogen and oxygen atoms in total. The molecular weight excluding hydrogens is 332 g/mol. The van der Waals surface area contributed by atoms with E-state index in [0.717, 1.165) is 0 Å². The number of nitrogens with two attached hydrogens (primary N) is 1. The molecule has 0 saturated carbocycles. The molecule has 2 rings (SSSR count). The molecule has 2 amide bonds. The Labute approximate surface area is 143 Å². The van der Waals surface area contributed by atoms with Gasteiger partial charge in [0.15, 0.2) is 12.4 Å². The summed E-state index contributed by atoms with van der Waals surface area (Å²) < 4.78 is 5.39. The minimum Gasteiger partial charge on any atom is -0.485 e. The lowest BCUT2D eigenvalue weighted by Gasteiger charge is -2.10. The summed E-state index contributed by atoms with van der Waals surface area (Å²) in [6, 6.07) is 10.8. The molecule has 0 heterocycles. The third kappa shape index (κ3) is 4.57. The zero-order valence-corrected chi connectivity index (χ0v) is 13.6. The number of ether oxygens (including phenoxy) is 1. The summed E-state index contributed by atoms with van der Waals surface area (Å²) in [5.41, 5.74) is 6.37. The molecular formula is C17H15ClN2O4. The number of benzene rings is 2. The van der Waals surface area contributed by atoms with Crippen LogP contribution in [0.1, 0.15) is 27.6 Å². The molecule has 0 unspecified atom stereocenters. The summed E-state index contributed by atoms with van der Waals surface area (Å²) in [5, 5.41) is 2.95. The van der Waals surface area contributed by atoms with Crippen molar-refractivity contribution in [2.24, 2.45) is 5.73 Å². The van der Waals surface area contributed by atoms with Crippen LogP contribution in [0.15, 0.2) is 42.5 Å². The summed E-state index contributed by atoms with van der Waals surface area (Å²) in [6.07, 6.45) is 0. The van der Waals surface area contributed by atoms with Gasteiger partial charge in [-0.15, -0.1) is 0 Å². The predicted octanol–water partition coefficient (Wildman–Crippen LogP) is 2.66. The molecule has 124 valence electrons. The highest BCUT2D eigenvalue weighted by Gasteiger charge is 2.13. The average Bonchev–Trinajstić information content (AvgIpc) is 2.53. The van der Waals surface area contributed by atoms with E-state index in [4.69, 9.17) is 22.1 Å². The highest BCUT2D eigenvalue weighted by Crippen LogP contribution is 2.22. The molecule has 0 atom stereocenters. The topological polar surface area (TPSA) is 98.5 Å². The van der Waals surface area contributed by atoms with Crippen LogP contribution in [0.4, 0.5) is 5.69 Å². The molecule has 0 spiro atoms. The van der Waals surface area contributed by atoms with Gasteiger partial charge in [0.2, 0.25) is 5.91 Å². The van der Waals surface area contributed by atoms with Crippen LogP contribution in [-0.4, -0.2) is 24.2 Å². The van der Waals surface area contributed by atoms with Crippen LogP contribution in [0.25, 0.3) is 0 Å². The van der Waals surface area contributed by atoms with Crippen LogP contribution >= 0.6 is 11.6 Å². The zero-order chi connectivity index (χ0) is 17.7. The van der Waals surface area contributed by atoms with Gasteiger partial charge in [0.1, 0.15) is 5.75 Å². The summed E-state index contributed by atoms with van der Waals surface area (Å²) in [4.78, 5) is 34.5. The standard InChI is InChI=1S/C17H15ClN2O4/c1-10(21)20-13-5-2-11(3-6-13)15(22)9-24-16-7-4-12(18)8-14(16)17(19)23/h2-8H,9H2,1H3,(H2,19,23)(H,20,21). The lowest BCUT2D eigenvalue weighted by atomic mass is 10.1. The van der Waals surface area contributed by atoms with E-state index in [0.29, 0.717) is 16.3 Å². The lowest BCUT2D eigenvalue weighted by Crippen LogP contribution is -2.16. The van der Waals surface area contributed by atoms with Crippen molar-refractivity contribution >= 4 is 34.9 Å². The Bertz CT molecular complexity index is 788. The third-order valence-corrected chi connectivity index (χ3v) is 3.33. The van der Waals surface area contributed by atoms with Crippen molar-refractivity contribution < 1.29 is 19.1 Å². The maximum atomic E-state index is 12.1. The number of hydrogen-bond acceptors (Lipinski definition) is 4. The van der Waals surface area contributed by atoms with E-state index in [2.05, 4.69) is 5.32 Å². The Kier molecular flexibility index (Phi) is 5.55. The fraction of sp³-hybridized carbons (Fsp3) is 0.118. The Balaban J connectivity index is 2.06. The molecule has 0 aliphatic carbocycles. The number of Topliss-reactive ketones (excluding diaryl/α,β-unsaturated/α-hetero) is 1. The smallest absolute Gasteiger partial charge is 0.252 e. The first-order valence-electron chi connectivity index (χ1n) is 7.00. The summed E-state index contributed by atoms with van der Waals surface area (Å²) in [7, 11) is 0. The van der Waals surface area contributed by atoms with Gasteiger partial charge in [-0.1, -0.05) is 11.6 Å². The van der Waals surface area contributed by atoms with E-state index in [1.165, 1.54) is 25.1 Å². The highest BCUT2D eigenvalue weighted by molar-refractivity contribution is 6.31. The molecule has 0 saturated heterocycles. The van der Waals surface area contributed by atoms with Crippen LogP contribution in [0.2, 0.25) is 5.02 Å². The van der Waals surface area contributed by atoms with Crippen LogP contribution in [0.3, 0.4) is 0 Å². The van der Waals surface area contributed by atoms with E-state index in [1.54, 1.807) is 24.3 Å². The molecule has 0 aliphatic heterocycles. The second kappa shape index (κ2) is 7.61. The van der Waals surface area contributed by atoms with Gasteiger partial charge in [0, 0.05) is 23.2 Å². The Hall–Kier alpha value is -2.86. The van der Waals surface area contributed by atoms with Crippen molar-refractivity contribution in [2.45, 2.75) is 6.92 Å². The van der Waals surface area contributed by atoms with Crippen molar-refractivity contribution in [3.63, 3.8) is 0 Å². The number of carbonyl (C=O) groups excluding carboxylic acids is 3. The zero-order valence-electron chi connectivity index (χ0n) is 12.8. The number of anilines is 1. The molecule has 3 N–H and O–H groups in total. The number of carbonyl (C=O) groups is 3. The fourth-order valence-electron chi connectivity index (χ4n) is 1.99. The first-order valence-corrected chi connectivity index (χ1v) is 7.37. The van der Waals surface area contributed by atoms with Crippen LogP contribution in [0.5, 0.6) is 5.75 Å². The van der Waals surface area contributed by atoms with Crippen molar-refractivity contribution in [3.8, 4) is 5.75 Å². The highest BCUT2D eigenvalue weighted by atomic mass is 35.5. The summed E-state index contributed by atoms with van der Waals surface area (Å²) in [5.74, 6) is -0.983. The van der Waals surface area contributed by atoms with Gasteiger partial charge in [0.05, 0.1) is 5.56 Å². The Morgan fingerprint density at radius 2 is 1.79 bits per heavy atom. The van der Waals surface area contributed by atoms with Gasteiger partial charge in [-0.3, -0.25) is 14.4 Å². The van der Waals surface area contributed by atoms with Crippen LogP contribution in [0, 0.1) is 0 Å². The van der Waals surface area contributed by atoms with Crippen molar-refractivity contribution in [1.29, 1.82) is 0 Å². The van der Waals surface area contributed by atoms with E-state index in [1.807, 2.05) is 0 Å². The molecule has 2 aromatic rings. The lowest BCUT2D eigenvalue weighted by molar-refractivity contribution is -0.114. The van der Waals surface area contributed by atoms with Crippen molar-refractivity contribution in [1.82, 2.24) is 0 Å². The number of amides is 2. The second-order valence-corrected chi connectivity index (χ2v) is 5.41. The quantitative estimate of drug-likeness (QED) is 0.785. The number of hydrogen-bond donors (Lipinski definition) is 2. The Morgan fingerprint density at radius 1 is 1.12 bits per heavy atom. The van der Waals surface area contributed by atoms with Gasteiger partial charge in [0.25, 0.3) is 5.91 Å². The van der Waals surface area contributed by atoms with E-state index in [9.17, 15) is 14.4 Å². The molecule has 0 aliphatic rings. The van der Waals surface area contributed by atoms with Gasteiger partial charge in [-0.2, -0.15) is 0 Å². The number of nitrogens with one attached hydrogen (secondary N) is 1.